The molecule has 2 N–H and O–H groups in total. The number of fused-ring (bicyclic) bond motifs is 1. The fourth-order valence-corrected chi connectivity index (χ4v) is 2.63. The summed E-state index contributed by atoms with van der Waals surface area (Å²) in [5.74, 6) is 0.342. The number of nitrogens with zero attached hydrogens (tertiary/aromatic N) is 2. The Morgan fingerprint density at radius 1 is 1.43 bits per heavy atom. The molecule has 1 unspecified atom stereocenters. The van der Waals surface area contributed by atoms with Crippen LogP contribution in [0.3, 0.4) is 0 Å². The van der Waals surface area contributed by atoms with Crippen molar-refractivity contribution in [1.82, 2.24) is 9.88 Å². The Kier molecular flexibility index (Phi) is 5.99. The van der Waals surface area contributed by atoms with Crippen molar-refractivity contribution < 1.29 is 8.81 Å². The molecule has 1 aliphatic heterocycles. The van der Waals surface area contributed by atoms with E-state index in [1.165, 1.54) is 12.1 Å². The minimum absolute atomic E-state index is 0. The van der Waals surface area contributed by atoms with Gasteiger partial charge in [-0.3, -0.25) is 4.90 Å². The van der Waals surface area contributed by atoms with Crippen molar-refractivity contribution in [1.29, 1.82) is 0 Å². The third kappa shape index (κ3) is 3.86. The fourth-order valence-electron chi connectivity index (χ4n) is 2.63. The van der Waals surface area contributed by atoms with Gasteiger partial charge in [-0.15, -0.1) is 24.8 Å². The Labute approximate surface area is 135 Å². The van der Waals surface area contributed by atoms with Crippen LogP contribution in [0.25, 0.3) is 11.1 Å². The van der Waals surface area contributed by atoms with Crippen LogP contribution in [0.2, 0.25) is 0 Å². The van der Waals surface area contributed by atoms with Crippen LogP contribution < -0.4 is 5.73 Å². The van der Waals surface area contributed by atoms with E-state index in [0.717, 1.165) is 19.5 Å². The number of likely N-dealkylation sites (tertiary alicyclic amines) is 1. The molecule has 1 saturated heterocycles. The van der Waals surface area contributed by atoms with Gasteiger partial charge in [-0.1, -0.05) is 6.92 Å². The summed E-state index contributed by atoms with van der Waals surface area (Å²) in [6.07, 6.45) is 1.10. The van der Waals surface area contributed by atoms with Crippen LogP contribution in [-0.4, -0.2) is 29.5 Å². The van der Waals surface area contributed by atoms with Crippen LogP contribution in [0.1, 0.15) is 19.2 Å². The summed E-state index contributed by atoms with van der Waals surface area (Å²) >= 11 is 0. The topological polar surface area (TPSA) is 55.3 Å². The molecule has 0 saturated carbocycles. The van der Waals surface area contributed by atoms with Gasteiger partial charge in [0, 0.05) is 12.6 Å². The lowest BCUT2D eigenvalue weighted by Crippen LogP contribution is -2.31. The van der Waals surface area contributed by atoms with Gasteiger partial charge < -0.3 is 10.2 Å². The molecule has 3 rings (SSSR count). The minimum atomic E-state index is -0.299. The van der Waals surface area contributed by atoms with Crippen LogP contribution in [0.15, 0.2) is 22.6 Å². The van der Waals surface area contributed by atoms with Gasteiger partial charge in [-0.2, -0.15) is 0 Å². The summed E-state index contributed by atoms with van der Waals surface area (Å²) in [7, 11) is 0. The van der Waals surface area contributed by atoms with Crippen molar-refractivity contribution in [2.24, 2.45) is 11.1 Å². The lowest BCUT2D eigenvalue weighted by Gasteiger charge is -2.21. The number of oxazole rings is 1. The van der Waals surface area contributed by atoms with Gasteiger partial charge in [-0.05, 0) is 37.1 Å². The van der Waals surface area contributed by atoms with Gasteiger partial charge in [0.25, 0.3) is 0 Å². The molecule has 0 aliphatic carbocycles. The normalized spacial score (nSPS) is 22.0. The third-order valence-electron chi connectivity index (χ3n) is 3.88. The minimum Gasteiger partial charge on any atom is -0.439 e. The Hall–Kier alpha value is -0.880. The van der Waals surface area contributed by atoms with Crippen molar-refractivity contribution in [3.8, 4) is 0 Å². The van der Waals surface area contributed by atoms with Gasteiger partial charge in [-0.25, -0.2) is 9.37 Å². The summed E-state index contributed by atoms with van der Waals surface area (Å²) in [6.45, 7) is 5.51. The molecule has 1 aliphatic rings. The molecule has 21 heavy (non-hydrogen) atoms. The Balaban J connectivity index is 0.00000110. The number of halogens is 3. The maximum Gasteiger partial charge on any atom is 0.209 e. The maximum atomic E-state index is 13.1. The van der Waals surface area contributed by atoms with Crippen LogP contribution in [0.5, 0.6) is 0 Å². The number of aromatic nitrogens is 1. The SMILES string of the molecule is CC1(CN)CCN(Cc2nc3ccc(F)cc3o2)C1.Cl.Cl. The van der Waals surface area contributed by atoms with E-state index in [2.05, 4.69) is 16.8 Å². The van der Waals surface area contributed by atoms with Gasteiger partial charge in [0.15, 0.2) is 5.58 Å². The molecule has 0 bridgehead atoms. The highest BCUT2D eigenvalue weighted by atomic mass is 35.5. The maximum absolute atomic E-state index is 13.1. The van der Waals surface area contributed by atoms with E-state index in [9.17, 15) is 4.39 Å². The zero-order chi connectivity index (χ0) is 13.5. The third-order valence-corrected chi connectivity index (χ3v) is 3.88. The van der Waals surface area contributed by atoms with Gasteiger partial charge in [0.2, 0.25) is 5.89 Å². The molecule has 1 aromatic carbocycles. The molecule has 0 amide bonds. The number of rotatable bonds is 3. The first-order valence-electron chi connectivity index (χ1n) is 6.55. The predicted molar refractivity (Wildman–Crippen MR) is 85.5 cm³/mol. The molecular weight excluding hydrogens is 316 g/mol. The van der Waals surface area contributed by atoms with Gasteiger partial charge >= 0.3 is 0 Å². The smallest absolute Gasteiger partial charge is 0.209 e. The van der Waals surface area contributed by atoms with E-state index in [4.69, 9.17) is 10.2 Å². The monoisotopic (exact) mass is 335 g/mol. The van der Waals surface area contributed by atoms with E-state index in [0.29, 0.717) is 30.1 Å². The molecular formula is C14H20Cl2FN3O. The zero-order valence-corrected chi connectivity index (χ0v) is 13.5. The molecule has 0 spiro atoms. The molecule has 2 aromatic rings. The second-order valence-electron chi connectivity index (χ2n) is 5.70. The molecule has 2 heterocycles. The van der Waals surface area contributed by atoms with E-state index in [1.807, 2.05) is 0 Å². The highest BCUT2D eigenvalue weighted by Crippen LogP contribution is 2.29. The summed E-state index contributed by atoms with van der Waals surface area (Å²) in [6, 6.07) is 4.42. The number of nitrogens with two attached hydrogens (primary N) is 1. The first-order chi connectivity index (χ1) is 9.08. The first-order valence-corrected chi connectivity index (χ1v) is 6.55. The number of benzene rings is 1. The lowest BCUT2D eigenvalue weighted by molar-refractivity contribution is 0.254. The quantitative estimate of drug-likeness (QED) is 0.936. The molecule has 118 valence electrons. The standard InChI is InChI=1S/C14H18FN3O.2ClH/c1-14(8-16)4-5-18(9-14)7-13-17-11-3-2-10(15)6-12(11)19-13;;/h2-3,6H,4-5,7-9,16H2,1H3;2*1H. The highest BCUT2D eigenvalue weighted by molar-refractivity contribution is 5.85. The van der Waals surface area contributed by atoms with Crippen LogP contribution in [-0.2, 0) is 6.54 Å². The number of hydrogen-bond donors (Lipinski definition) is 1. The molecule has 1 aromatic heterocycles. The van der Waals surface area contributed by atoms with Crippen LogP contribution >= 0.6 is 24.8 Å². The van der Waals surface area contributed by atoms with E-state index < -0.39 is 0 Å². The first kappa shape index (κ1) is 18.2. The van der Waals surface area contributed by atoms with Crippen molar-refractivity contribution in [2.45, 2.75) is 19.9 Å². The fraction of sp³-hybridized carbons (Fsp3) is 0.500. The Bertz CT molecular complexity index is 607. The van der Waals surface area contributed by atoms with Crippen molar-refractivity contribution in [3.63, 3.8) is 0 Å². The Morgan fingerprint density at radius 2 is 2.19 bits per heavy atom. The molecule has 7 heteroatoms. The van der Waals surface area contributed by atoms with Crippen molar-refractivity contribution in [3.05, 3.63) is 29.9 Å². The highest BCUT2D eigenvalue weighted by Gasteiger charge is 2.32. The summed E-state index contributed by atoms with van der Waals surface area (Å²) < 4.78 is 18.7. The average molecular weight is 336 g/mol. The van der Waals surface area contributed by atoms with Gasteiger partial charge in [0.1, 0.15) is 11.3 Å². The predicted octanol–water partition coefficient (Wildman–Crippen LogP) is 2.98. The average Bonchev–Trinajstić information content (AvgIpc) is 2.93. The van der Waals surface area contributed by atoms with E-state index in [-0.39, 0.29) is 36.0 Å². The number of hydrogen-bond acceptors (Lipinski definition) is 4. The van der Waals surface area contributed by atoms with Crippen LogP contribution in [0.4, 0.5) is 4.39 Å². The second kappa shape index (κ2) is 6.92. The van der Waals surface area contributed by atoms with Crippen molar-refractivity contribution >= 4 is 35.9 Å². The molecule has 1 fully saturated rings. The van der Waals surface area contributed by atoms with Crippen LogP contribution in [0, 0.1) is 11.2 Å². The molecule has 1 atom stereocenters. The molecule has 4 nitrogen and oxygen atoms in total. The lowest BCUT2D eigenvalue weighted by atomic mass is 9.90. The summed E-state index contributed by atoms with van der Waals surface area (Å²) in [4.78, 5) is 6.67. The van der Waals surface area contributed by atoms with E-state index in [1.54, 1.807) is 6.07 Å². The van der Waals surface area contributed by atoms with Crippen molar-refractivity contribution in [2.75, 3.05) is 19.6 Å². The molecule has 0 radical (unpaired) electrons. The largest absolute Gasteiger partial charge is 0.439 e. The summed E-state index contributed by atoms with van der Waals surface area (Å²) in [5, 5.41) is 0. The van der Waals surface area contributed by atoms with Gasteiger partial charge in [0.05, 0.1) is 6.54 Å². The second-order valence-corrected chi connectivity index (χ2v) is 5.70. The summed E-state index contributed by atoms with van der Waals surface area (Å²) in [5.41, 5.74) is 7.20. The Morgan fingerprint density at radius 3 is 2.86 bits per heavy atom. The zero-order valence-electron chi connectivity index (χ0n) is 11.8. The van der Waals surface area contributed by atoms with E-state index >= 15 is 0 Å².